The first-order valence-corrected chi connectivity index (χ1v) is 34.0. The third kappa shape index (κ3) is 27.8. The summed E-state index contributed by atoms with van der Waals surface area (Å²) in [6.07, 6.45) is -27.8. The minimum absolute atomic E-state index is 0.332. The Morgan fingerprint density at radius 1 is 0.489 bits per heavy atom. The molecule has 526 valence electrons. The topological polar surface area (TPSA) is 648 Å². The number of carbonyl (C=O) groups is 4. The van der Waals surface area contributed by atoms with E-state index in [-0.39, 0.29) is 0 Å². The minimum Gasteiger partial charge on any atom is -0.481 e. The summed E-state index contributed by atoms with van der Waals surface area (Å²) in [4.78, 5) is 46.7. The molecule has 0 unspecified atom stereocenters. The second-order valence-corrected chi connectivity index (χ2v) is 25.8. The van der Waals surface area contributed by atoms with Crippen molar-refractivity contribution in [1.29, 1.82) is 0 Å². The number of amides is 1. The lowest BCUT2D eigenvalue weighted by Crippen LogP contribution is -2.71. The highest BCUT2D eigenvalue weighted by Gasteiger charge is 2.60. The molecule has 90 heavy (non-hydrogen) atoms. The molecule has 0 aromatic rings. The van der Waals surface area contributed by atoms with Gasteiger partial charge >= 0.3 is 69.8 Å². The number of aliphatic carboxylic acids is 3. The molecule has 0 aliphatic carbocycles. The molecule has 41 nitrogen and oxygen atoms in total. The zero-order valence-electron chi connectivity index (χ0n) is 47.5. The van der Waals surface area contributed by atoms with E-state index in [9.17, 15) is 120 Å². The molecule has 0 aromatic carbocycles. The van der Waals surface area contributed by atoms with Gasteiger partial charge in [0.2, 0.25) is 5.91 Å². The molecular weight excluding hydrogens is 1340 g/mol. The van der Waals surface area contributed by atoms with Gasteiger partial charge in [0.15, 0.2) is 49.6 Å². The van der Waals surface area contributed by atoms with E-state index >= 15 is 0 Å². The molecule has 0 aromatic heterocycles. The average molecular weight is 1420 g/mol. The van der Waals surface area contributed by atoms with Crippen LogP contribution in [0.1, 0.15) is 104 Å². The molecule has 4 aliphatic heterocycles. The molecule has 4 fully saturated rings. The molecule has 4 rings (SSSR count). The van der Waals surface area contributed by atoms with E-state index in [1.807, 2.05) is 5.32 Å². The second-order valence-electron chi connectivity index (χ2n) is 20.3. The van der Waals surface area contributed by atoms with Crippen LogP contribution in [0.4, 0.5) is 0 Å². The van der Waals surface area contributed by atoms with E-state index in [4.69, 9.17) is 42.8 Å². The van der Waals surface area contributed by atoms with Gasteiger partial charge in [0.05, 0.1) is 13.2 Å². The van der Waals surface area contributed by atoms with Crippen LogP contribution in [0.3, 0.4) is 0 Å². The Morgan fingerprint density at radius 3 is 1.42 bits per heavy atom. The van der Waals surface area contributed by atoms with Crippen LogP contribution in [0.25, 0.3) is 0 Å². The summed E-state index contributed by atoms with van der Waals surface area (Å²) < 4.78 is 222. The van der Waals surface area contributed by atoms with Crippen LogP contribution in [0, 0.1) is 0 Å². The number of ether oxygens (including phenoxy) is 7. The second kappa shape index (κ2) is 36.4. The Bertz CT molecular complexity index is 2900. The third-order valence-electron chi connectivity index (χ3n) is 13.3. The number of nitrogens with one attached hydrogen (secondary N) is 2. The number of hydrogen-bond acceptors (Lipinski definition) is 31. The maximum atomic E-state index is 12.7. The number of rotatable bonds is 36. The normalized spacial score (nSPS) is 33.0. The van der Waals surface area contributed by atoms with E-state index in [0.29, 0.717) is 6.42 Å². The molecule has 0 saturated carbocycles. The highest BCUT2D eigenvalue weighted by molar-refractivity contribution is 7.83. The Hall–Kier alpha value is -3.55. The van der Waals surface area contributed by atoms with E-state index in [1.54, 1.807) is 0 Å². The van der Waals surface area contributed by atoms with E-state index < -0.39 is 212 Å². The van der Waals surface area contributed by atoms with Crippen molar-refractivity contribution in [1.82, 2.24) is 10.0 Å². The van der Waals surface area contributed by atoms with Crippen LogP contribution >= 0.6 is 0 Å². The van der Waals surface area contributed by atoms with Gasteiger partial charge in [-0.25, -0.2) is 26.3 Å². The number of hydrogen-bond donors (Lipinski definition) is 16. The molecule has 20 atom stereocenters. The fourth-order valence-electron chi connectivity index (χ4n) is 9.40. The lowest BCUT2D eigenvalue weighted by Gasteiger charge is -2.50. The maximum Gasteiger partial charge on any atom is 0.397 e. The molecule has 0 radical (unpaired) electrons. The van der Waals surface area contributed by atoms with Gasteiger partial charge < -0.3 is 84.4 Å². The monoisotopic (exact) mass is 1420 g/mol. The number of carboxylic acid groups (broad SMARTS) is 3. The standard InChI is InChI=1S/C26H42N2O37S5.C18H34O2/c1-4(30)27-7-9(31)13(6(56-23(7)39)3-55-67(43,44)45)58-26-19(65-70(52,53)54)12(34)16(20(62-26)22(37)38)60-24-8(28-66(40,41)42)15(63-68(46,47)48)14(5(2-29)57-24)59-25-18(64-69(49,50)51)11(33)10(32)17(61-25)21(35)36;1-2-3-4-5-6-7-8-9-10-11-12-13-14-15-16-17-18(19)20/h5-20,23-26,28-29,31-34,39H,2-3H2,1H3,(H,27,30)(H,35,36)(H,37,38)(H,40,41,42)(H,43,44,45)(H,46,47,48)(H,49,50,51)(H,52,53,54);9-10H,2-8,11-17H2,1H3,(H,19,20)/b;10-9-/t5-,6+,7-,8-,9-,10-,11-,12+,13-,14-,15-,16+,17-,18+,19-,20+,23-,24+,25+,26-;/m1./s1. The van der Waals surface area contributed by atoms with E-state index in [2.05, 4.69) is 35.8 Å². The van der Waals surface area contributed by atoms with Gasteiger partial charge in [0.1, 0.15) is 73.1 Å². The van der Waals surface area contributed by atoms with Crippen molar-refractivity contribution in [3.63, 3.8) is 0 Å². The fourth-order valence-corrected chi connectivity index (χ4v) is 11.8. The predicted octanol–water partition coefficient (Wildman–Crippen LogP) is -4.60. The number of aliphatic hydroxyl groups is 6. The Balaban J connectivity index is 0.000000902. The van der Waals surface area contributed by atoms with Gasteiger partial charge in [-0.1, -0.05) is 70.4 Å². The van der Waals surface area contributed by atoms with Crippen LogP contribution in [-0.2, 0) is 121 Å². The summed E-state index contributed by atoms with van der Waals surface area (Å²) in [6.45, 7) is 0.0193. The van der Waals surface area contributed by atoms with Crippen LogP contribution in [0.2, 0.25) is 0 Å². The van der Waals surface area contributed by atoms with Gasteiger partial charge in [-0.3, -0.25) is 32.4 Å². The van der Waals surface area contributed by atoms with Crippen LogP contribution < -0.4 is 10.0 Å². The quantitative estimate of drug-likeness (QED) is 0.0159. The van der Waals surface area contributed by atoms with Crippen molar-refractivity contribution in [2.24, 2.45) is 0 Å². The summed E-state index contributed by atoms with van der Waals surface area (Å²) in [6, 6.07) is -4.96. The van der Waals surface area contributed by atoms with E-state index in [0.717, 1.165) is 19.8 Å². The van der Waals surface area contributed by atoms with Crippen molar-refractivity contribution >= 4 is 75.7 Å². The minimum atomic E-state index is -6.09. The summed E-state index contributed by atoms with van der Waals surface area (Å²) in [5.74, 6) is -6.15. The molecule has 16 N–H and O–H groups in total. The number of carbonyl (C=O) groups excluding carboxylic acids is 1. The van der Waals surface area contributed by atoms with Crippen molar-refractivity contribution in [2.45, 2.75) is 226 Å². The summed E-state index contributed by atoms with van der Waals surface area (Å²) in [5.41, 5.74) is 0. The molecule has 4 aliphatic rings. The molecule has 0 spiro atoms. The molecule has 0 bridgehead atoms. The number of aliphatic hydroxyl groups excluding tert-OH is 6. The maximum absolute atomic E-state index is 12.7. The van der Waals surface area contributed by atoms with Gasteiger partial charge in [-0.2, -0.15) is 46.8 Å². The zero-order valence-corrected chi connectivity index (χ0v) is 51.6. The van der Waals surface area contributed by atoms with Gasteiger partial charge in [0, 0.05) is 13.3 Å². The van der Waals surface area contributed by atoms with Crippen molar-refractivity contribution < 1.29 is 180 Å². The highest BCUT2D eigenvalue weighted by atomic mass is 32.3. The predicted molar refractivity (Wildman–Crippen MR) is 288 cm³/mol. The first-order valence-electron chi connectivity index (χ1n) is 27.1. The first-order chi connectivity index (χ1) is 41.6. The van der Waals surface area contributed by atoms with Crippen molar-refractivity contribution in [2.75, 3.05) is 13.2 Å². The highest BCUT2D eigenvalue weighted by Crippen LogP contribution is 2.38. The molecule has 1 amide bonds. The Morgan fingerprint density at radius 2 is 0.956 bits per heavy atom. The van der Waals surface area contributed by atoms with Crippen LogP contribution in [0.15, 0.2) is 12.2 Å². The fraction of sp³-hybridized carbons (Fsp3) is 0.864. The van der Waals surface area contributed by atoms with Crippen LogP contribution in [0.5, 0.6) is 0 Å². The summed E-state index contributed by atoms with van der Waals surface area (Å²) in [7, 11) is -29.1. The van der Waals surface area contributed by atoms with E-state index in [1.165, 1.54) is 75.4 Å². The molecule has 46 heteroatoms. The SMILES string of the molecule is CC(=O)N[C@@H]1[C@@H](O)[C@H](O[C@@H]2O[C@H](C(=O)O)[C@@H](O[C@@H]3O[C@H](CO)[C@@H](O[C@H]4O[C@@H](C(=O)O)[C@H](O)[C@@H](O)[C@@H]4OS(=O)(=O)O)[C@H](OS(=O)(=O)O)[C@H]3NS(=O)(=O)O)[C@H](O)[C@H]2OS(=O)(=O)O)[C@H](COS(=O)(=O)O)O[C@H]1O.CCCCCCCC/C=C\CCCCCCCC(=O)O. The Labute approximate surface area is 515 Å². The third-order valence-corrected chi connectivity index (χ3v) is 15.7. The number of unbranched alkanes of at least 4 members (excludes halogenated alkanes) is 11. The largest absolute Gasteiger partial charge is 0.481 e. The summed E-state index contributed by atoms with van der Waals surface area (Å²) >= 11 is 0. The number of allylic oxidation sites excluding steroid dienone is 2. The van der Waals surface area contributed by atoms with Crippen molar-refractivity contribution in [3.8, 4) is 0 Å². The first kappa shape index (κ1) is 80.7. The lowest BCUT2D eigenvalue weighted by molar-refractivity contribution is -0.366. The zero-order chi connectivity index (χ0) is 68.3. The average Bonchev–Trinajstić information content (AvgIpc) is 0.823. The van der Waals surface area contributed by atoms with Gasteiger partial charge in [0.25, 0.3) is 0 Å². The Kier molecular flexibility index (Phi) is 32.6. The summed E-state index contributed by atoms with van der Waals surface area (Å²) in [5, 5.41) is 94.5. The smallest absolute Gasteiger partial charge is 0.397 e. The number of carboxylic acids is 3. The van der Waals surface area contributed by atoms with Crippen molar-refractivity contribution in [3.05, 3.63) is 12.2 Å². The van der Waals surface area contributed by atoms with Crippen LogP contribution in [-0.4, -0.2) is 271 Å². The molecular formula is C44H76N2O39S5. The molecule has 4 heterocycles. The molecule has 4 saturated heterocycles. The lowest BCUT2D eigenvalue weighted by atomic mass is 9.94. The van der Waals surface area contributed by atoms with Gasteiger partial charge in [-0.15, -0.1) is 0 Å². The van der Waals surface area contributed by atoms with Gasteiger partial charge in [-0.05, 0) is 32.1 Å².